The third kappa shape index (κ3) is 3.89. The van der Waals surface area contributed by atoms with E-state index in [-0.39, 0.29) is 0 Å². The first kappa shape index (κ1) is 13.1. The summed E-state index contributed by atoms with van der Waals surface area (Å²) >= 11 is 0. The van der Waals surface area contributed by atoms with Gasteiger partial charge in [0.15, 0.2) is 0 Å². The van der Waals surface area contributed by atoms with E-state index in [2.05, 4.69) is 11.3 Å². The van der Waals surface area contributed by atoms with Gasteiger partial charge in [0.1, 0.15) is 0 Å². The molecule has 0 saturated heterocycles. The fourth-order valence-corrected chi connectivity index (χ4v) is 1.95. The molecule has 0 aliphatic heterocycles. The van der Waals surface area contributed by atoms with Crippen LogP contribution in [-0.2, 0) is 19.6 Å². The van der Waals surface area contributed by atoms with Crippen LogP contribution in [0.2, 0.25) is 0 Å². The summed E-state index contributed by atoms with van der Waals surface area (Å²) in [5.74, 6) is -0.887. The molecular weight excluding hydrogens is 208 g/mol. The van der Waals surface area contributed by atoms with Gasteiger partial charge in [0.25, 0.3) is 0 Å². The standard InChI is InChI=1S/C8H14O5S/c1-5-6(9)13-7(8(2,3)4)14(10,11)12/h5,7H,1H2,2-4H3,(H,10,11,12). The summed E-state index contributed by atoms with van der Waals surface area (Å²) in [6.07, 6.45) is 0.837. The predicted molar refractivity (Wildman–Crippen MR) is 51.1 cm³/mol. The maximum absolute atomic E-state index is 10.9. The van der Waals surface area contributed by atoms with Crippen molar-refractivity contribution in [1.29, 1.82) is 0 Å². The molecule has 0 rings (SSSR count). The average Bonchev–Trinajstić information content (AvgIpc) is 1.95. The van der Waals surface area contributed by atoms with E-state index in [0.29, 0.717) is 0 Å². The van der Waals surface area contributed by atoms with Crippen LogP contribution in [0.15, 0.2) is 12.7 Å². The molecule has 0 aromatic heterocycles. The Hall–Kier alpha value is -0.880. The molecule has 0 aliphatic carbocycles. The van der Waals surface area contributed by atoms with Crippen molar-refractivity contribution in [2.75, 3.05) is 0 Å². The maximum Gasteiger partial charge on any atom is 0.331 e. The fraction of sp³-hybridized carbons (Fsp3) is 0.625. The molecule has 1 N–H and O–H groups in total. The van der Waals surface area contributed by atoms with Crippen molar-refractivity contribution in [3.8, 4) is 0 Å². The number of esters is 1. The lowest BCUT2D eigenvalue weighted by atomic mass is 9.98. The minimum atomic E-state index is -4.42. The molecule has 0 fully saturated rings. The Bertz CT molecular complexity index is 322. The van der Waals surface area contributed by atoms with Crippen LogP contribution in [-0.4, -0.2) is 24.4 Å². The zero-order valence-electron chi connectivity index (χ0n) is 8.35. The van der Waals surface area contributed by atoms with E-state index in [1.54, 1.807) is 0 Å². The Labute approximate surface area is 83.5 Å². The molecule has 5 nitrogen and oxygen atoms in total. The number of hydrogen-bond acceptors (Lipinski definition) is 4. The van der Waals surface area contributed by atoms with Gasteiger partial charge in [-0.25, -0.2) is 4.79 Å². The molecule has 1 unspecified atom stereocenters. The molecule has 0 amide bonds. The van der Waals surface area contributed by atoms with Gasteiger partial charge in [-0.3, -0.25) is 4.55 Å². The number of rotatable bonds is 3. The molecule has 0 saturated carbocycles. The van der Waals surface area contributed by atoms with Gasteiger partial charge in [-0.2, -0.15) is 8.42 Å². The summed E-state index contributed by atoms with van der Waals surface area (Å²) in [5.41, 5.74) is -2.48. The van der Waals surface area contributed by atoms with Crippen LogP contribution in [0, 0.1) is 5.41 Å². The van der Waals surface area contributed by atoms with Crippen molar-refractivity contribution in [2.24, 2.45) is 5.41 Å². The summed E-state index contributed by atoms with van der Waals surface area (Å²) in [6.45, 7) is 7.72. The largest absolute Gasteiger partial charge is 0.440 e. The molecule has 0 aromatic rings. The molecule has 0 spiro atoms. The van der Waals surface area contributed by atoms with Crippen LogP contribution in [0.1, 0.15) is 20.8 Å². The first-order valence-electron chi connectivity index (χ1n) is 3.88. The van der Waals surface area contributed by atoms with Crippen molar-refractivity contribution in [1.82, 2.24) is 0 Å². The summed E-state index contributed by atoms with van der Waals surface area (Å²) in [7, 11) is -4.42. The third-order valence-electron chi connectivity index (χ3n) is 1.37. The van der Waals surface area contributed by atoms with Crippen LogP contribution in [0.25, 0.3) is 0 Å². The van der Waals surface area contributed by atoms with Crippen molar-refractivity contribution in [3.05, 3.63) is 12.7 Å². The van der Waals surface area contributed by atoms with Crippen LogP contribution >= 0.6 is 0 Å². The topological polar surface area (TPSA) is 80.7 Å². The van der Waals surface area contributed by atoms with Crippen LogP contribution in [0.4, 0.5) is 0 Å². The third-order valence-corrected chi connectivity index (χ3v) is 2.71. The summed E-state index contributed by atoms with van der Waals surface area (Å²) in [6, 6.07) is 0. The molecule has 0 heterocycles. The first-order chi connectivity index (χ1) is 6.09. The van der Waals surface area contributed by atoms with E-state index < -0.39 is 26.9 Å². The number of carbonyl (C=O) groups excluding carboxylic acids is 1. The van der Waals surface area contributed by atoms with Crippen molar-refractivity contribution in [2.45, 2.75) is 26.2 Å². The number of ether oxygens (including phenoxy) is 1. The van der Waals surface area contributed by atoms with Gasteiger partial charge in [-0.15, -0.1) is 0 Å². The first-order valence-corrected chi connectivity index (χ1v) is 5.38. The molecule has 82 valence electrons. The van der Waals surface area contributed by atoms with E-state index in [1.165, 1.54) is 20.8 Å². The van der Waals surface area contributed by atoms with E-state index in [9.17, 15) is 13.2 Å². The average molecular weight is 222 g/mol. The molecule has 0 radical (unpaired) electrons. The van der Waals surface area contributed by atoms with Gasteiger partial charge in [-0.05, 0) is 0 Å². The molecule has 1 atom stereocenters. The monoisotopic (exact) mass is 222 g/mol. The van der Waals surface area contributed by atoms with Gasteiger partial charge >= 0.3 is 16.1 Å². The number of carbonyl (C=O) groups is 1. The lowest BCUT2D eigenvalue weighted by molar-refractivity contribution is -0.143. The Morgan fingerprint density at radius 1 is 1.50 bits per heavy atom. The summed E-state index contributed by atoms with van der Waals surface area (Å²) in [4.78, 5) is 10.8. The Morgan fingerprint density at radius 3 is 2.14 bits per heavy atom. The normalized spacial score (nSPS) is 14.6. The smallest absolute Gasteiger partial charge is 0.331 e. The van der Waals surface area contributed by atoms with E-state index in [1.807, 2.05) is 0 Å². The van der Waals surface area contributed by atoms with Gasteiger partial charge in [0, 0.05) is 11.5 Å². The maximum atomic E-state index is 10.9. The van der Waals surface area contributed by atoms with E-state index in [4.69, 9.17) is 4.55 Å². The highest BCUT2D eigenvalue weighted by Gasteiger charge is 2.38. The quantitative estimate of drug-likeness (QED) is 0.437. The lowest BCUT2D eigenvalue weighted by Gasteiger charge is -2.26. The SMILES string of the molecule is C=CC(=O)OC(C(C)(C)C)S(=O)(=O)O. The van der Waals surface area contributed by atoms with Gasteiger partial charge in [0.2, 0.25) is 5.44 Å². The molecular formula is C8H14O5S. The second-order valence-corrected chi connectivity index (χ2v) is 5.31. The Balaban J connectivity index is 4.96. The summed E-state index contributed by atoms with van der Waals surface area (Å²) < 4.78 is 35.1. The minimum absolute atomic E-state index is 0.837. The second kappa shape index (κ2) is 4.10. The van der Waals surface area contributed by atoms with Crippen LogP contribution in [0.3, 0.4) is 0 Å². The molecule has 0 bridgehead atoms. The van der Waals surface area contributed by atoms with Crippen LogP contribution in [0.5, 0.6) is 0 Å². The second-order valence-electron chi connectivity index (χ2n) is 3.85. The molecule has 14 heavy (non-hydrogen) atoms. The van der Waals surface area contributed by atoms with Crippen molar-refractivity contribution in [3.63, 3.8) is 0 Å². The Morgan fingerprint density at radius 2 is 1.93 bits per heavy atom. The van der Waals surface area contributed by atoms with E-state index >= 15 is 0 Å². The highest BCUT2D eigenvalue weighted by molar-refractivity contribution is 7.86. The van der Waals surface area contributed by atoms with E-state index in [0.717, 1.165) is 6.08 Å². The molecule has 0 aromatic carbocycles. The van der Waals surface area contributed by atoms with Crippen molar-refractivity contribution < 1.29 is 22.5 Å². The predicted octanol–water partition coefficient (Wildman–Crippen LogP) is 0.976. The molecule has 6 heteroatoms. The zero-order chi connectivity index (χ0) is 11.6. The highest BCUT2D eigenvalue weighted by Crippen LogP contribution is 2.26. The van der Waals surface area contributed by atoms with Gasteiger partial charge < -0.3 is 4.74 Å². The van der Waals surface area contributed by atoms with Gasteiger partial charge in [0.05, 0.1) is 0 Å². The minimum Gasteiger partial charge on any atom is -0.440 e. The molecule has 0 aliphatic rings. The van der Waals surface area contributed by atoms with Crippen molar-refractivity contribution >= 4 is 16.1 Å². The van der Waals surface area contributed by atoms with Gasteiger partial charge in [-0.1, -0.05) is 27.4 Å². The highest BCUT2D eigenvalue weighted by atomic mass is 32.2. The fourth-order valence-electron chi connectivity index (χ4n) is 0.838. The summed E-state index contributed by atoms with van der Waals surface area (Å²) in [5, 5.41) is 0. The lowest BCUT2D eigenvalue weighted by Crippen LogP contribution is -2.38. The zero-order valence-corrected chi connectivity index (χ0v) is 9.17. The Kier molecular flexibility index (Phi) is 3.84. The number of hydrogen-bond donors (Lipinski definition) is 1. The van der Waals surface area contributed by atoms with Crippen LogP contribution < -0.4 is 0 Å².